The number of rotatable bonds is 1. The van der Waals surface area contributed by atoms with Crippen LogP contribution in [0.3, 0.4) is 0 Å². The smallest absolute Gasteiger partial charge is 0.168 e. The van der Waals surface area contributed by atoms with Crippen molar-refractivity contribution in [1.82, 2.24) is 0 Å². The molecule has 4 heteroatoms. The molecule has 0 aliphatic rings. The van der Waals surface area contributed by atoms with Gasteiger partial charge in [-0.1, -0.05) is 7.81 Å². The summed E-state index contributed by atoms with van der Waals surface area (Å²) in [6, 6.07) is 0. The molecule has 2 unspecified atom stereocenters. The van der Waals surface area contributed by atoms with Gasteiger partial charge in [-0.2, -0.15) is 9.12 Å². The third kappa shape index (κ3) is 3.21. The molecule has 0 heterocycles. The molecule has 0 aromatic rings. The fourth-order valence-corrected chi connectivity index (χ4v) is 0. The van der Waals surface area contributed by atoms with Gasteiger partial charge in [-0.05, 0) is 0 Å². The van der Waals surface area contributed by atoms with Gasteiger partial charge in [0.15, 0.2) is 6.72 Å². The van der Waals surface area contributed by atoms with Crippen LogP contribution in [0, 0.1) is 0 Å². The van der Waals surface area contributed by atoms with Crippen LogP contribution in [0.5, 0.6) is 0 Å². The molecule has 0 nitrogen and oxygen atoms in total. The van der Waals surface area contributed by atoms with E-state index in [4.69, 9.17) is 11.2 Å². The zero-order valence-corrected chi connectivity index (χ0v) is 5.07. The summed E-state index contributed by atoms with van der Waals surface area (Å²) in [6.07, 6.45) is 0. The molecule has 0 saturated heterocycles. The van der Waals surface area contributed by atoms with Crippen molar-refractivity contribution < 1.29 is 0 Å². The average Bonchev–Trinajstić information content (AvgIpc) is 1.37. The summed E-state index contributed by atoms with van der Waals surface area (Å²) in [5.41, 5.74) is 0. The van der Waals surface area contributed by atoms with Gasteiger partial charge in [0.25, 0.3) is 0 Å². The van der Waals surface area contributed by atoms with E-state index >= 15 is 0 Å². The number of hydrogen-bond donors (Lipinski definition) is 0. The first-order chi connectivity index (χ1) is 1.91. The van der Waals surface area contributed by atoms with Gasteiger partial charge in [-0.25, -0.2) is 0 Å². The molecule has 0 amide bonds. The maximum atomic E-state index is 5.19. The van der Waals surface area contributed by atoms with E-state index in [1.165, 1.54) is 0 Å². The molecule has 0 rings (SSSR count). The molecule has 0 spiro atoms. The fraction of sp³-hybridized carbons (Fsp3) is 0. The van der Waals surface area contributed by atoms with Crippen LogP contribution >= 0.6 is 28.2 Å². The van der Waals surface area contributed by atoms with Gasteiger partial charge in [-0.3, -0.25) is 0 Å². The lowest BCUT2D eigenvalue weighted by Crippen LogP contribution is -1.39. The minimum Gasteiger partial charge on any atom is -0.168 e. The summed E-state index contributed by atoms with van der Waals surface area (Å²) < 4.78 is 0. The molecule has 0 aliphatic heterocycles. The van der Waals surface area contributed by atoms with Gasteiger partial charge in [0.1, 0.15) is 0 Å². The summed E-state index contributed by atoms with van der Waals surface area (Å²) in [6.45, 7) is 1.03. The van der Waals surface area contributed by atoms with E-state index < -0.39 is 0 Å². The Kier molecular flexibility index (Phi) is 5.50. The Morgan fingerprint density at radius 2 is 2.25 bits per heavy atom. The topological polar surface area (TPSA) is 0 Å². The van der Waals surface area contributed by atoms with Gasteiger partial charge < -0.3 is 0 Å². The molecule has 0 N–H and O–H groups in total. The van der Waals surface area contributed by atoms with Crippen LogP contribution in [0.1, 0.15) is 0 Å². The van der Waals surface area contributed by atoms with Crippen LogP contribution in [-0.4, -0.2) is 6.72 Å². The second-order valence-electron chi connectivity index (χ2n) is 0.338. The maximum absolute atomic E-state index is 5.19. The predicted molar refractivity (Wildman–Crippen MR) is 31.0 cm³/mol. The highest BCUT2D eigenvalue weighted by Crippen LogP contribution is 2.13. The van der Waals surface area contributed by atoms with E-state index in [0.29, 0.717) is 7.81 Å². The van der Waals surface area contributed by atoms with Crippen LogP contribution in [0.2, 0.25) is 0 Å². The van der Waals surface area contributed by atoms with E-state index in [1.807, 2.05) is 0 Å². The van der Waals surface area contributed by atoms with Gasteiger partial charge in [0, 0.05) is 0 Å². The second-order valence-corrected chi connectivity index (χ2v) is 3.04. The molecule has 2 atom stereocenters. The summed E-state index contributed by atoms with van der Waals surface area (Å²) in [7, 11) is 3.11. The highest BCUT2D eigenvalue weighted by atomic mass is 35.7. The molecule has 24 valence electrons. The molecular weight excluding hydrogens is 108 g/mol. The van der Waals surface area contributed by atoms with Gasteiger partial charge in [-0.15, -0.1) is 11.2 Å². The highest BCUT2D eigenvalue weighted by Gasteiger charge is 1.64. The zero-order valence-electron chi connectivity index (χ0n) is 2.16. The summed E-state index contributed by atoms with van der Waals surface area (Å²) in [5.74, 6) is 0. The Hall–Kier alpha value is 1.21. The second kappa shape index (κ2) is 4.21. The summed E-state index contributed by atoms with van der Waals surface area (Å²) >= 11 is 5.19. The molecule has 0 saturated carbocycles. The van der Waals surface area contributed by atoms with Crippen molar-refractivity contribution in [3.05, 3.63) is 0 Å². The Morgan fingerprint density at radius 1 is 2.00 bits per heavy atom. The Balaban J connectivity index is 1.97. The van der Waals surface area contributed by atoms with Crippen LogP contribution < -0.4 is 0 Å². The van der Waals surface area contributed by atoms with Gasteiger partial charge >= 0.3 is 0 Å². The molecular formula is H4BClP2. The minimum absolute atomic E-state index is 0.576. The zero-order chi connectivity index (χ0) is 3.41. The van der Waals surface area contributed by atoms with Crippen molar-refractivity contribution >= 4 is 34.9 Å². The summed E-state index contributed by atoms with van der Waals surface area (Å²) in [4.78, 5) is 0. The lowest BCUT2D eigenvalue weighted by molar-refractivity contribution is 4.63. The normalized spacial score (nSPS) is 9.50. The molecule has 0 radical (unpaired) electrons. The van der Waals surface area contributed by atoms with Crippen molar-refractivity contribution in [2.45, 2.75) is 0 Å². The van der Waals surface area contributed by atoms with E-state index in [0.717, 1.165) is 6.72 Å². The first-order valence-electron chi connectivity index (χ1n) is 0.951. The first kappa shape index (κ1) is 5.21. The predicted octanol–water partition coefficient (Wildman–Crippen LogP) is 0.960. The molecule has 0 bridgehead atoms. The van der Waals surface area contributed by atoms with Gasteiger partial charge in [0.2, 0.25) is 0 Å². The lowest BCUT2D eigenvalue weighted by Gasteiger charge is -1.62. The van der Waals surface area contributed by atoms with Crippen molar-refractivity contribution in [2.75, 3.05) is 0 Å². The Bertz CT molecular complexity index is 8.00. The van der Waals surface area contributed by atoms with Crippen molar-refractivity contribution in [1.29, 1.82) is 0 Å². The van der Waals surface area contributed by atoms with E-state index in [2.05, 4.69) is 9.12 Å². The molecule has 0 aliphatic carbocycles. The third-order valence-corrected chi connectivity index (χ3v) is 2.08. The minimum atomic E-state index is 0.576. The molecule has 0 aromatic carbocycles. The number of halogens is 1. The largest absolute Gasteiger partial charge is 0.190 e. The van der Waals surface area contributed by atoms with Crippen molar-refractivity contribution in [2.24, 2.45) is 0 Å². The lowest BCUT2D eigenvalue weighted by atomic mass is 10.7. The third-order valence-electron chi connectivity index (χ3n) is 0.0772. The van der Waals surface area contributed by atoms with Crippen molar-refractivity contribution in [3.8, 4) is 0 Å². The van der Waals surface area contributed by atoms with Crippen LogP contribution in [0.4, 0.5) is 0 Å². The van der Waals surface area contributed by atoms with Crippen LogP contribution in [0.15, 0.2) is 0 Å². The fourth-order valence-electron chi connectivity index (χ4n) is 0. The quantitative estimate of drug-likeness (QED) is 0.350. The molecule has 4 heavy (non-hydrogen) atoms. The monoisotopic (exact) mass is 112 g/mol. The standard InChI is InChI=1S/BClH4P2/c2-4-1-3/h1,4H,3H2. The molecule has 0 fully saturated rings. The van der Waals surface area contributed by atoms with E-state index in [1.54, 1.807) is 0 Å². The van der Waals surface area contributed by atoms with Crippen molar-refractivity contribution in [3.63, 3.8) is 0 Å². The van der Waals surface area contributed by atoms with E-state index in [9.17, 15) is 0 Å². The molecule has 0 aromatic heterocycles. The Labute approximate surface area is 35.6 Å². The summed E-state index contributed by atoms with van der Waals surface area (Å²) in [5, 5.41) is 0. The Morgan fingerprint density at radius 3 is 2.25 bits per heavy atom. The van der Waals surface area contributed by atoms with Crippen LogP contribution in [0.25, 0.3) is 0 Å². The van der Waals surface area contributed by atoms with Gasteiger partial charge in [0.05, 0.1) is 0 Å². The number of hydrogen-bond acceptors (Lipinski definition) is 0. The highest BCUT2D eigenvalue weighted by molar-refractivity contribution is 8.07. The average molecular weight is 112 g/mol. The SMILES string of the molecule is PBPCl. The maximum Gasteiger partial charge on any atom is 0.190 e. The van der Waals surface area contributed by atoms with E-state index in [-0.39, 0.29) is 0 Å². The van der Waals surface area contributed by atoms with Crippen LogP contribution in [-0.2, 0) is 0 Å². The first-order valence-corrected chi connectivity index (χ1v) is 3.99.